The van der Waals surface area contributed by atoms with Crippen molar-refractivity contribution < 1.29 is 14.1 Å². The van der Waals surface area contributed by atoms with Crippen molar-refractivity contribution in [1.82, 2.24) is 10.2 Å². The van der Waals surface area contributed by atoms with Crippen molar-refractivity contribution in [2.45, 2.75) is 29.9 Å². The molecule has 1 aliphatic heterocycles. The molecule has 1 fully saturated rings. The monoisotopic (exact) mass is 314 g/mol. The third kappa shape index (κ3) is 2.97. The van der Waals surface area contributed by atoms with E-state index in [1.807, 2.05) is 0 Å². The molecule has 106 valence electrons. The molecule has 2 aromatic rings. The Morgan fingerprint density at radius 1 is 1.45 bits per heavy atom. The van der Waals surface area contributed by atoms with Gasteiger partial charge in [-0.1, -0.05) is 29.4 Å². The maximum Gasteiger partial charge on any atom is 0.277 e. The zero-order chi connectivity index (χ0) is 13.9. The summed E-state index contributed by atoms with van der Waals surface area (Å²) in [5.41, 5.74) is 0.464. The average molecular weight is 315 g/mol. The number of nitrogens with two attached hydrogens (primary N) is 1. The van der Waals surface area contributed by atoms with Gasteiger partial charge in [-0.15, -0.1) is 10.2 Å². The molecule has 4 nitrogen and oxygen atoms in total. The number of hydrogen-bond acceptors (Lipinski definition) is 4. The quantitative estimate of drug-likeness (QED) is 0.881. The maximum atomic E-state index is 13.6. The summed E-state index contributed by atoms with van der Waals surface area (Å²) in [5.74, 6) is 0.722. The summed E-state index contributed by atoms with van der Waals surface area (Å²) in [6, 6.07) is 4.93. The van der Waals surface area contributed by atoms with Crippen molar-refractivity contribution in [1.29, 1.82) is 0 Å². The molecule has 1 aromatic heterocycles. The molecule has 0 amide bonds. The number of quaternary nitrogens is 1. The molecule has 7 heteroatoms. The van der Waals surface area contributed by atoms with Crippen molar-refractivity contribution in [2.24, 2.45) is 0 Å². The Morgan fingerprint density at radius 3 is 3.10 bits per heavy atom. The summed E-state index contributed by atoms with van der Waals surface area (Å²) in [6.07, 6.45) is 2.23. The predicted molar refractivity (Wildman–Crippen MR) is 74.0 cm³/mol. The van der Waals surface area contributed by atoms with Crippen LogP contribution < -0.4 is 5.32 Å². The smallest absolute Gasteiger partial charge is 0.277 e. The summed E-state index contributed by atoms with van der Waals surface area (Å²) in [4.78, 5) is 0. The SMILES string of the molecule is Fc1cccc(Cl)c1CSc1nnc([C@H]2CCC[NH2+]2)o1. The summed E-state index contributed by atoms with van der Waals surface area (Å²) in [7, 11) is 0. The van der Waals surface area contributed by atoms with Gasteiger partial charge in [0.1, 0.15) is 5.82 Å². The van der Waals surface area contributed by atoms with Crippen molar-refractivity contribution in [2.75, 3.05) is 6.54 Å². The van der Waals surface area contributed by atoms with E-state index in [2.05, 4.69) is 15.5 Å². The largest absolute Gasteiger partial charge is 0.410 e. The molecule has 1 aromatic carbocycles. The third-order valence-electron chi connectivity index (χ3n) is 3.31. The van der Waals surface area contributed by atoms with Crippen LogP contribution >= 0.6 is 23.4 Å². The molecule has 20 heavy (non-hydrogen) atoms. The van der Waals surface area contributed by atoms with Gasteiger partial charge in [0.2, 0.25) is 0 Å². The van der Waals surface area contributed by atoms with E-state index in [0.717, 1.165) is 13.0 Å². The first-order valence-electron chi connectivity index (χ1n) is 6.46. The van der Waals surface area contributed by atoms with Gasteiger partial charge in [-0.25, -0.2) is 4.39 Å². The number of nitrogens with zero attached hydrogens (tertiary/aromatic N) is 2. The lowest BCUT2D eigenvalue weighted by Gasteiger charge is -2.03. The second kappa shape index (κ2) is 6.11. The zero-order valence-electron chi connectivity index (χ0n) is 10.7. The van der Waals surface area contributed by atoms with Crippen molar-refractivity contribution in [3.63, 3.8) is 0 Å². The van der Waals surface area contributed by atoms with E-state index in [1.54, 1.807) is 12.1 Å². The van der Waals surface area contributed by atoms with E-state index in [1.165, 1.54) is 24.2 Å². The summed E-state index contributed by atoms with van der Waals surface area (Å²) >= 11 is 7.28. The van der Waals surface area contributed by atoms with Gasteiger partial charge in [-0.05, 0) is 12.1 Å². The fraction of sp³-hybridized carbons (Fsp3) is 0.385. The lowest BCUT2D eigenvalue weighted by atomic mass is 10.2. The highest BCUT2D eigenvalue weighted by Crippen LogP contribution is 2.28. The van der Waals surface area contributed by atoms with Gasteiger partial charge in [0.05, 0.1) is 6.54 Å². The minimum absolute atomic E-state index is 0.272. The Kier molecular flexibility index (Phi) is 4.24. The normalized spacial score (nSPS) is 18.6. The molecule has 2 heterocycles. The molecule has 0 spiro atoms. The fourth-order valence-corrected chi connectivity index (χ4v) is 3.34. The van der Waals surface area contributed by atoms with E-state index in [0.29, 0.717) is 27.5 Å². The molecule has 1 saturated heterocycles. The lowest BCUT2D eigenvalue weighted by Crippen LogP contribution is -2.81. The highest BCUT2D eigenvalue weighted by Gasteiger charge is 2.26. The van der Waals surface area contributed by atoms with E-state index in [9.17, 15) is 4.39 Å². The first-order valence-corrected chi connectivity index (χ1v) is 7.83. The van der Waals surface area contributed by atoms with Crippen LogP contribution in [-0.2, 0) is 5.75 Å². The Balaban J connectivity index is 1.66. The highest BCUT2D eigenvalue weighted by atomic mass is 35.5. The Morgan fingerprint density at radius 2 is 2.35 bits per heavy atom. The van der Waals surface area contributed by atoms with Gasteiger partial charge in [-0.3, -0.25) is 0 Å². The Bertz CT molecular complexity index is 581. The molecule has 3 rings (SSSR count). The van der Waals surface area contributed by atoms with Crippen molar-refractivity contribution in [3.8, 4) is 0 Å². The molecule has 0 saturated carbocycles. The number of rotatable bonds is 4. The second-order valence-electron chi connectivity index (χ2n) is 4.67. The topological polar surface area (TPSA) is 55.5 Å². The predicted octanol–water partition coefficient (Wildman–Crippen LogP) is 2.55. The molecular formula is C13H14ClFN3OS+. The Labute approximate surface area is 125 Å². The van der Waals surface area contributed by atoms with E-state index in [-0.39, 0.29) is 11.9 Å². The van der Waals surface area contributed by atoms with Crippen LogP contribution in [0.5, 0.6) is 0 Å². The van der Waals surface area contributed by atoms with Gasteiger partial charge in [0.15, 0.2) is 6.04 Å². The molecule has 2 N–H and O–H groups in total. The van der Waals surface area contributed by atoms with Crippen LogP contribution in [0, 0.1) is 5.82 Å². The number of halogens is 2. The molecule has 0 radical (unpaired) electrons. The maximum absolute atomic E-state index is 13.6. The van der Waals surface area contributed by atoms with Gasteiger partial charge in [0.25, 0.3) is 11.1 Å². The van der Waals surface area contributed by atoms with Crippen LogP contribution in [0.15, 0.2) is 27.8 Å². The number of aromatic nitrogens is 2. The summed E-state index contributed by atoms with van der Waals surface area (Å²) in [5, 5.41) is 11.1. The third-order valence-corrected chi connectivity index (χ3v) is 4.51. The van der Waals surface area contributed by atoms with Crippen LogP contribution in [0.3, 0.4) is 0 Å². The van der Waals surface area contributed by atoms with Gasteiger partial charge in [0, 0.05) is 29.2 Å². The van der Waals surface area contributed by atoms with E-state index in [4.69, 9.17) is 16.0 Å². The Hall–Kier alpha value is -1.11. The standard InChI is InChI=1S/C13H13ClFN3OS/c14-9-3-1-4-10(15)8(9)7-20-13-18-17-12(19-13)11-5-2-6-16-11/h1,3-4,11,16H,2,5-7H2/p+1/t11-/m1/s1. The zero-order valence-corrected chi connectivity index (χ0v) is 12.3. The van der Waals surface area contributed by atoms with Crippen molar-refractivity contribution >= 4 is 23.4 Å². The molecule has 0 unspecified atom stereocenters. The fourth-order valence-electron chi connectivity index (χ4n) is 2.23. The minimum atomic E-state index is -0.311. The highest BCUT2D eigenvalue weighted by molar-refractivity contribution is 7.98. The van der Waals surface area contributed by atoms with Crippen LogP contribution in [0.2, 0.25) is 5.02 Å². The second-order valence-corrected chi connectivity index (χ2v) is 6.00. The van der Waals surface area contributed by atoms with Crippen LogP contribution in [0.4, 0.5) is 4.39 Å². The van der Waals surface area contributed by atoms with Crippen LogP contribution in [-0.4, -0.2) is 16.7 Å². The van der Waals surface area contributed by atoms with Gasteiger partial charge >= 0.3 is 0 Å². The van der Waals surface area contributed by atoms with Gasteiger partial charge < -0.3 is 9.73 Å². The molecule has 1 atom stereocenters. The van der Waals surface area contributed by atoms with Crippen LogP contribution in [0.1, 0.15) is 30.3 Å². The molecular weight excluding hydrogens is 301 g/mol. The first-order chi connectivity index (χ1) is 9.74. The average Bonchev–Trinajstić information content (AvgIpc) is 3.09. The van der Waals surface area contributed by atoms with Gasteiger partial charge in [-0.2, -0.15) is 0 Å². The molecule has 1 aliphatic rings. The number of benzene rings is 1. The number of hydrogen-bond donors (Lipinski definition) is 1. The molecule has 0 aliphatic carbocycles. The summed E-state index contributed by atoms with van der Waals surface area (Å²) < 4.78 is 19.2. The first kappa shape index (κ1) is 13.9. The molecule has 0 bridgehead atoms. The summed E-state index contributed by atoms with van der Waals surface area (Å²) in [6.45, 7) is 1.10. The lowest BCUT2D eigenvalue weighted by molar-refractivity contribution is -0.678. The van der Waals surface area contributed by atoms with E-state index >= 15 is 0 Å². The number of thioether (sulfide) groups is 1. The van der Waals surface area contributed by atoms with Crippen LogP contribution in [0.25, 0.3) is 0 Å². The minimum Gasteiger partial charge on any atom is -0.410 e. The van der Waals surface area contributed by atoms with E-state index < -0.39 is 0 Å². The van der Waals surface area contributed by atoms with Crippen molar-refractivity contribution in [3.05, 3.63) is 40.5 Å².